The second-order valence-electron chi connectivity index (χ2n) is 6.32. The molecule has 1 atom stereocenters. The van der Waals surface area contributed by atoms with E-state index in [1.54, 1.807) is 30.3 Å². The van der Waals surface area contributed by atoms with Gasteiger partial charge < -0.3 is 10.1 Å². The number of anilines is 1. The summed E-state index contributed by atoms with van der Waals surface area (Å²) < 4.78 is 5.90. The van der Waals surface area contributed by atoms with Crippen molar-refractivity contribution in [2.45, 2.75) is 19.9 Å². The molecule has 0 bridgehead atoms. The van der Waals surface area contributed by atoms with Gasteiger partial charge in [-0.2, -0.15) is 0 Å². The summed E-state index contributed by atoms with van der Waals surface area (Å²) in [5, 5.41) is 2.62. The van der Waals surface area contributed by atoms with E-state index < -0.39 is 36.3 Å². The third-order valence-electron chi connectivity index (χ3n) is 4.34. The molecule has 2 aromatic rings. The van der Waals surface area contributed by atoms with Crippen LogP contribution >= 0.6 is 15.9 Å². The zero-order valence-electron chi connectivity index (χ0n) is 15.2. The maximum Gasteiger partial charge on any atom is 0.329 e. The van der Waals surface area contributed by atoms with Crippen LogP contribution in [0.15, 0.2) is 46.9 Å². The molecule has 0 radical (unpaired) electrons. The van der Waals surface area contributed by atoms with Crippen molar-refractivity contribution in [1.82, 2.24) is 4.90 Å². The molecule has 7 nitrogen and oxygen atoms in total. The quantitative estimate of drug-likeness (QED) is 0.565. The number of carbonyl (C=O) groups excluding carboxylic acids is 4. The first kappa shape index (κ1) is 19.8. The van der Waals surface area contributed by atoms with Crippen LogP contribution in [0, 0.1) is 6.92 Å². The molecule has 3 rings (SSSR count). The molecule has 1 N–H and O–H groups in total. The molecule has 3 amide bonds. The first-order valence-electron chi connectivity index (χ1n) is 8.49. The number of nitrogens with one attached hydrogen (secondary N) is 1. The van der Waals surface area contributed by atoms with Crippen LogP contribution in [0.4, 0.5) is 5.69 Å². The van der Waals surface area contributed by atoms with E-state index in [1.807, 2.05) is 6.92 Å². The number of carbonyl (C=O) groups is 4. The van der Waals surface area contributed by atoms with Gasteiger partial charge in [0.15, 0.2) is 6.61 Å². The average molecular weight is 445 g/mol. The van der Waals surface area contributed by atoms with Crippen molar-refractivity contribution in [2.24, 2.45) is 0 Å². The van der Waals surface area contributed by atoms with Crippen molar-refractivity contribution in [3.8, 4) is 0 Å². The molecule has 1 aliphatic heterocycles. The predicted molar refractivity (Wildman–Crippen MR) is 105 cm³/mol. The van der Waals surface area contributed by atoms with Crippen molar-refractivity contribution in [3.05, 3.63) is 63.6 Å². The molecule has 28 heavy (non-hydrogen) atoms. The highest BCUT2D eigenvalue weighted by Gasteiger charge is 2.41. The standard InChI is InChI=1S/C20H17BrN2O5/c1-11-9-13(7-8-16(11)21)22-17(24)10-28-20(27)12(2)23-18(25)14-5-3-4-6-15(14)19(23)26/h3-9,12H,10H2,1-2H3,(H,22,24)/t12-/m0/s1. The lowest BCUT2D eigenvalue weighted by Crippen LogP contribution is -2.44. The molecule has 8 heteroatoms. The number of imide groups is 1. The molecule has 0 fully saturated rings. The van der Waals surface area contributed by atoms with Gasteiger partial charge in [0.05, 0.1) is 11.1 Å². The molecular weight excluding hydrogens is 428 g/mol. The lowest BCUT2D eigenvalue weighted by atomic mass is 10.1. The molecule has 0 aliphatic carbocycles. The molecule has 2 aromatic carbocycles. The zero-order valence-corrected chi connectivity index (χ0v) is 16.8. The molecule has 0 saturated heterocycles. The molecule has 0 aromatic heterocycles. The van der Waals surface area contributed by atoms with Crippen LogP contribution in [0.1, 0.15) is 33.2 Å². The summed E-state index contributed by atoms with van der Waals surface area (Å²) in [6.07, 6.45) is 0. The number of benzene rings is 2. The number of amides is 3. The van der Waals surface area contributed by atoms with Gasteiger partial charge in [0.25, 0.3) is 17.7 Å². The van der Waals surface area contributed by atoms with Crippen molar-refractivity contribution >= 4 is 45.3 Å². The first-order chi connectivity index (χ1) is 13.3. The first-order valence-corrected chi connectivity index (χ1v) is 9.28. The van der Waals surface area contributed by atoms with E-state index in [9.17, 15) is 19.2 Å². The van der Waals surface area contributed by atoms with Crippen LogP contribution < -0.4 is 5.32 Å². The topological polar surface area (TPSA) is 92.8 Å². The largest absolute Gasteiger partial charge is 0.454 e. The lowest BCUT2D eigenvalue weighted by Gasteiger charge is -2.20. The Morgan fingerprint density at radius 3 is 2.29 bits per heavy atom. The second-order valence-corrected chi connectivity index (χ2v) is 7.18. The number of hydrogen-bond acceptors (Lipinski definition) is 5. The second kappa shape index (κ2) is 7.93. The van der Waals surface area contributed by atoms with Gasteiger partial charge in [0.1, 0.15) is 6.04 Å². The smallest absolute Gasteiger partial charge is 0.329 e. The Morgan fingerprint density at radius 1 is 1.11 bits per heavy atom. The molecule has 0 unspecified atom stereocenters. The van der Waals surface area contributed by atoms with Gasteiger partial charge in [0.2, 0.25) is 0 Å². The van der Waals surface area contributed by atoms with Crippen LogP contribution in [0.2, 0.25) is 0 Å². The van der Waals surface area contributed by atoms with E-state index in [4.69, 9.17) is 4.74 Å². The van der Waals surface area contributed by atoms with E-state index >= 15 is 0 Å². The summed E-state index contributed by atoms with van der Waals surface area (Å²) >= 11 is 3.37. The number of halogens is 1. The molecule has 1 heterocycles. The Morgan fingerprint density at radius 2 is 1.71 bits per heavy atom. The molecule has 144 valence electrons. The zero-order chi connectivity index (χ0) is 20.4. The summed E-state index contributed by atoms with van der Waals surface area (Å²) in [6, 6.07) is 10.5. The highest BCUT2D eigenvalue weighted by molar-refractivity contribution is 9.10. The fraction of sp³-hybridized carbons (Fsp3) is 0.200. The number of hydrogen-bond donors (Lipinski definition) is 1. The number of esters is 1. The number of fused-ring (bicyclic) bond motifs is 1. The van der Waals surface area contributed by atoms with E-state index in [-0.39, 0.29) is 11.1 Å². The number of nitrogens with zero attached hydrogens (tertiary/aromatic N) is 1. The van der Waals surface area contributed by atoms with Gasteiger partial charge in [-0.1, -0.05) is 28.1 Å². The summed E-state index contributed by atoms with van der Waals surface area (Å²) in [5.41, 5.74) is 2.00. The molecule has 0 saturated carbocycles. The Hall–Kier alpha value is -3.00. The maximum absolute atomic E-state index is 12.4. The van der Waals surface area contributed by atoms with Gasteiger partial charge in [-0.3, -0.25) is 19.3 Å². The normalized spacial score (nSPS) is 13.9. The van der Waals surface area contributed by atoms with Crippen molar-refractivity contribution < 1.29 is 23.9 Å². The summed E-state index contributed by atoms with van der Waals surface area (Å²) in [7, 11) is 0. The molecule has 1 aliphatic rings. The minimum atomic E-state index is -1.14. The van der Waals surface area contributed by atoms with Crippen LogP contribution in [0.25, 0.3) is 0 Å². The van der Waals surface area contributed by atoms with E-state index in [0.29, 0.717) is 5.69 Å². The van der Waals surface area contributed by atoms with E-state index in [1.165, 1.54) is 19.1 Å². The average Bonchev–Trinajstić information content (AvgIpc) is 2.93. The fourth-order valence-electron chi connectivity index (χ4n) is 2.84. The van der Waals surface area contributed by atoms with E-state index in [0.717, 1.165) is 14.9 Å². The van der Waals surface area contributed by atoms with Gasteiger partial charge in [-0.05, 0) is 49.7 Å². The highest BCUT2D eigenvalue weighted by atomic mass is 79.9. The fourth-order valence-corrected chi connectivity index (χ4v) is 3.09. The van der Waals surface area contributed by atoms with E-state index in [2.05, 4.69) is 21.2 Å². The number of aryl methyl sites for hydroxylation is 1. The van der Waals surface area contributed by atoms with Crippen LogP contribution in [-0.2, 0) is 14.3 Å². The van der Waals surface area contributed by atoms with Crippen molar-refractivity contribution in [1.29, 1.82) is 0 Å². The van der Waals surface area contributed by atoms with Gasteiger partial charge in [-0.25, -0.2) is 4.79 Å². The Kier molecular flexibility index (Phi) is 5.60. The monoisotopic (exact) mass is 444 g/mol. The Bertz CT molecular complexity index is 953. The minimum absolute atomic E-state index is 0.246. The SMILES string of the molecule is Cc1cc(NC(=O)COC(=O)[C@H](C)N2C(=O)c3ccccc3C2=O)ccc1Br. The Labute approximate surface area is 169 Å². The third-order valence-corrected chi connectivity index (χ3v) is 5.23. The van der Waals surface area contributed by atoms with Gasteiger partial charge >= 0.3 is 5.97 Å². The van der Waals surface area contributed by atoms with Crippen LogP contribution in [0.3, 0.4) is 0 Å². The summed E-state index contributed by atoms with van der Waals surface area (Å²) in [4.78, 5) is 50.0. The highest BCUT2D eigenvalue weighted by Crippen LogP contribution is 2.25. The van der Waals surface area contributed by atoms with Gasteiger partial charge in [0, 0.05) is 10.2 Å². The summed E-state index contributed by atoms with van der Waals surface area (Å²) in [6.45, 7) is 2.74. The van der Waals surface area contributed by atoms with Crippen molar-refractivity contribution in [3.63, 3.8) is 0 Å². The maximum atomic E-state index is 12.4. The van der Waals surface area contributed by atoms with Crippen LogP contribution in [0.5, 0.6) is 0 Å². The molecular formula is C20H17BrN2O5. The predicted octanol–water partition coefficient (Wildman–Crippen LogP) is 2.92. The minimum Gasteiger partial charge on any atom is -0.454 e. The van der Waals surface area contributed by atoms with Crippen molar-refractivity contribution in [2.75, 3.05) is 11.9 Å². The van der Waals surface area contributed by atoms with Gasteiger partial charge in [-0.15, -0.1) is 0 Å². The summed E-state index contributed by atoms with van der Waals surface area (Å²) in [5.74, 6) is -2.47. The lowest BCUT2D eigenvalue weighted by molar-refractivity contribution is -0.150. The third kappa shape index (κ3) is 3.82. The Balaban J connectivity index is 1.59. The molecule has 0 spiro atoms. The number of ether oxygens (including phenoxy) is 1. The van der Waals surface area contributed by atoms with Crippen LogP contribution in [-0.4, -0.2) is 41.2 Å². The number of rotatable bonds is 5.